The van der Waals surface area contributed by atoms with Gasteiger partial charge in [-0.2, -0.15) is 0 Å². The van der Waals surface area contributed by atoms with Crippen LogP contribution in [0.15, 0.2) is 65.7 Å². The van der Waals surface area contributed by atoms with E-state index in [1.54, 1.807) is 17.0 Å². The molecule has 7 nitrogen and oxygen atoms in total. The maximum atomic E-state index is 12.4. The molecule has 0 spiro atoms. The maximum Gasteiger partial charge on any atom is 0.251 e. The van der Waals surface area contributed by atoms with Crippen molar-refractivity contribution < 1.29 is 9.59 Å². The number of rotatable bonds is 8. The van der Waals surface area contributed by atoms with Crippen molar-refractivity contribution in [1.82, 2.24) is 16.0 Å². The van der Waals surface area contributed by atoms with Crippen molar-refractivity contribution in [2.45, 2.75) is 25.8 Å². The molecular formula is C23H29N5O2. The predicted octanol–water partition coefficient (Wildman–Crippen LogP) is 2.17. The lowest BCUT2D eigenvalue weighted by molar-refractivity contribution is -0.117. The highest BCUT2D eigenvalue weighted by molar-refractivity contribution is 5.97. The third-order valence-corrected chi connectivity index (χ3v) is 4.80. The number of carbonyl (C=O) groups excluding carboxylic acids is 2. The zero-order valence-corrected chi connectivity index (χ0v) is 17.3. The second-order valence-electron chi connectivity index (χ2n) is 7.12. The standard InChI is InChI=1S/C23H29N5O2/c1-2-24-23(26-15-9-14-25-22(30)18-10-5-3-6-11-18)27-19-16-21(29)28(17-19)20-12-7-4-8-13-20/h3-8,10-13,19H,2,9,14-17H2,1H3,(H,25,30)(H2,24,26,27). The van der Waals surface area contributed by atoms with Crippen molar-refractivity contribution in [2.75, 3.05) is 31.1 Å². The summed E-state index contributed by atoms with van der Waals surface area (Å²) in [5, 5.41) is 9.50. The highest BCUT2D eigenvalue weighted by atomic mass is 16.2. The summed E-state index contributed by atoms with van der Waals surface area (Å²) < 4.78 is 0. The molecule has 1 aliphatic rings. The number of hydrogen-bond donors (Lipinski definition) is 3. The fourth-order valence-corrected chi connectivity index (χ4v) is 3.34. The van der Waals surface area contributed by atoms with Gasteiger partial charge in [-0.25, -0.2) is 0 Å². The molecule has 158 valence electrons. The summed E-state index contributed by atoms with van der Waals surface area (Å²) in [5.74, 6) is 0.729. The number of guanidine groups is 1. The fourth-order valence-electron chi connectivity index (χ4n) is 3.34. The monoisotopic (exact) mass is 407 g/mol. The summed E-state index contributed by atoms with van der Waals surface area (Å²) in [7, 11) is 0. The number of nitrogens with one attached hydrogen (secondary N) is 3. The van der Waals surface area contributed by atoms with Gasteiger partial charge in [0.2, 0.25) is 5.91 Å². The lowest BCUT2D eigenvalue weighted by atomic mass is 10.2. The van der Waals surface area contributed by atoms with E-state index in [-0.39, 0.29) is 17.9 Å². The van der Waals surface area contributed by atoms with E-state index < -0.39 is 0 Å². The second-order valence-corrected chi connectivity index (χ2v) is 7.12. The Morgan fingerprint density at radius 2 is 1.77 bits per heavy atom. The van der Waals surface area contributed by atoms with Crippen molar-refractivity contribution >= 4 is 23.5 Å². The van der Waals surface area contributed by atoms with Crippen LogP contribution in [0, 0.1) is 0 Å². The first-order valence-corrected chi connectivity index (χ1v) is 10.4. The smallest absolute Gasteiger partial charge is 0.251 e. The van der Waals surface area contributed by atoms with Crippen LogP contribution < -0.4 is 20.9 Å². The summed E-state index contributed by atoms with van der Waals surface area (Å²) in [6, 6.07) is 18.9. The highest BCUT2D eigenvalue weighted by Gasteiger charge is 2.30. The zero-order chi connectivity index (χ0) is 21.2. The molecule has 0 bridgehead atoms. The number of benzene rings is 2. The Bertz CT molecular complexity index is 854. The third kappa shape index (κ3) is 6.07. The molecule has 0 radical (unpaired) electrons. The first-order valence-electron chi connectivity index (χ1n) is 10.4. The van der Waals surface area contributed by atoms with E-state index in [0.29, 0.717) is 37.6 Å². The number of nitrogens with zero attached hydrogens (tertiary/aromatic N) is 2. The topological polar surface area (TPSA) is 85.8 Å². The average Bonchev–Trinajstić information content (AvgIpc) is 3.14. The number of aliphatic imine (C=N–C) groups is 1. The van der Waals surface area contributed by atoms with Gasteiger partial charge in [0.05, 0.1) is 6.04 Å². The van der Waals surface area contributed by atoms with Gasteiger partial charge in [0.25, 0.3) is 5.91 Å². The molecule has 1 fully saturated rings. The molecule has 1 saturated heterocycles. The van der Waals surface area contributed by atoms with E-state index in [1.807, 2.05) is 55.5 Å². The molecule has 30 heavy (non-hydrogen) atoms. The molecule has 3 rings (SSSR count). The Morgan fingerprint density at radius 3 is 2.47 bits per heavy atom. The largest absolute Gasteiger partial charge is 0.357 e. The van der Waals surface area contributed by atoms with E-state index >= 15 is 0 Å². The van der Waals surface area contributed by atoms with Gasteiger partial charge < -0.3 is 20.9 Å². The van der Waals surface area contributed by atoms with Crippen LogP contribution in [-0.4, -0.2) is 50.0 Å². The van der Waals surface area contributed by atoms with Gasteiger partial charge >= 0.3 is 0 Å². The summed E-state index contributed by atoms with van der Waals surface area (Å²) in [6.45, 7) is 4.49. The number of amides is 2. The van der Waals surface area contributed by atoms with Gasteiger partial charge in [0.1, 0.15) is 0 Å². The molecule has 1 atom stereocenters. The Labute approximate surface area is 177 Å². The molecule has 7 heteroatoms. The predicted molar refractivity (Wildman–Crippen MR) is 120 cm³/mol. The van der Waals surface area contributed by atoms with Crippen LogP contribution in [0.25, 0.3) is 0 Å². The van der Waals surface area contributed by atoms with Gasteiger partial charge in [-0.3, -0.25) is 14.6 Å². The first-order chi connectivity index (χ1) is 14.7. The van der Waals surface area contributed by atoms with E-state index in [0.717, 1.165) is 18.7 Å². The van der Waals surface area contributed by atoms with Crippen molar-refractivity contribution in [2.24, 2.45) is 4.99 Å². The van der Waals surface area contributed by atoms with Gasteiger partial charge in [-0.05, 0) is 37.6 Å². The molecule has 0 aromatic heterocycles. The van der Waals surface area contributed by atoms with Crippen LogP contribution in [0.2, 0.25) is 0 Å². The second kappa shape index (κ2) is 11.0. The lowest BCUT2D eigenvalue weighted by Gasteiger charge is -2.19. The van der Waals surface area contributed by atoms with Crippen LogP contribution >= 0.6 is 0 Å². The molecule has 0 aliphatic carbocycles. The molecule has 2 aromatic rings. The van der Waals surface area contributed by atoms with E-state index in [2.05, 4.69) is 20.9 Å². The van der Waals surface area contributed by atoms with Crippen LogP contribution in [0.1, 0.15) is 30.1 Å². The number of hydrogen-bond acceptors (Lipinski definition) is 3. The molecule has 3 N–H and O–H groups in total. The van der Waals surface area contributed by atoms with E-state index in [4.69, 9.17) is 0 Å². The maximum absolute atomic E-state index is 12.4. The third-order valence-electron chi connectivity index (χ3n) is 4.80. The van der Waals surface area contributed by atoms with E-state index in [9.17, 15) is 9.59 Å². The number of carbonyl (C=O) groups is 2. The highest BCUT2D eigenvalue weighted by Crippen LogP contribution is 2.20. The fraction of sp³-hybridized carbons (Fsp3) is 0.348. The van der Waals surface area contributed by atoms with Crippen LogP contribution in [0.4, 0.5) is 5.69 Å². The minimum absolute atomic E-state index is 0.00768. The first kappa shape index (κ1) is 21.4. The molecule has 0 saturated carbocycles. The van der Waals surface area contributed by atoms with Gasteiger partial charge in [-0.1, -0.05) is 36.4 Å². The minimum Gasteiger partial charge on any atom is -0.357 e. The van der Waals surface area contributed by atoms with Crippen LogP contribution in [0.3, 0.4) is 0 Å². The molecule has 1 aliphatic heterocycles. The van der Waals surface area contributed by atoms with Crippen LogP contribution in [0.5, 0.6) is 0 Å². The van der Waals surface area contributed by atoms with Gasteiger partial charge in [-0.15, -0.1) is 0 Å². The summed E-state index contributed by atoms with van der Waals surface area (Å²) in [5.41, 5.74) is 1.58. The Morgan fingerprint density at radius 1 is 1.07 bits per heavy atom. The SMILES string of the molecule is CCNC(=NCCCNC(=O)c1ccccc1)NC1CC(=O)N(c2ccccc2)C1. The quantitative estimate of drug-likeness (QED) is 0.356. The average molecular weight is 408 g/mol. The Hall–Kier alpha value is -3.35. The normalized spacial score (nSPS) is 16.4. The summed E-state index contributed by atoms with van der Waals surface area (Å²) in [6.07, 6.45) is 1.17. The summed E-state index contributed by atoms with van der Waals surface area (Å²) >= 11 is 0. The minimum atomic E-state index is -0.0740. The molecule has 2 amide bonds. The molecule has 1 heterocycles. The molecule has 1 unspecified atom stereocenters. The lowest BCUT2D eigenvalue weighted by Crippen LogP contribution is -2.44. The van der Waals surface area contributed by atoms with Crippen molar-refractivity contribution in [3.8, 4) is 0 Å². The Kier molecular flexibility index (Phi) is 7.83. The zero-order valence-electron chi connectivity index (χ0n) is 17.3. The van der Waals surface area contributed by atoms with E-state index in [1.165, 1.54) is 0 Å². The van der Waals surface area contributed by atoms with Crippen molar-refractivity contribution in [1.29, 1.82) is 0 Å². The number of para-hydroxylation sites is 1. The molecular weight excluding hydrogens is 378 g/mol. The summed E-state index contributed by atoms with van der Waals surface area (Å²) in [4.78, 5) is 30.8. The molecule has 2 aromatic carbocycles. The Balaban J connectivity index is 1.45. The van der Waals surface area contributed by atoms with Crippen LogP contribution in [-0.2, 0) is 4.79 Å². The number of anilines is 1. The van der Waals surface area contributed by atoms with Crippen molar-refractivity contribution in [3.05, 3.63) is 66.2 Å². The van der Waals surface area contributed by atoms with Gasteiger partial charge in [0.15, 0.2) is 5.96 Å². The van der Waals surface area contributed by atoms with Gasteiger partial charge in [0, 0.05) is 43.9 Å². The van der Waals surface area contributed by atoms with Crippen molar-refractivity contribution in [3.63, 3.8) is 0 Å².